The molecular formula is C10H10N2O. The Morgan fingerprint density at radius 3 is 2.92 bits per heavy atom. The number of carbonyl (C=O) groups excluding carboxylic acids is 1. The number of hydrogen-bond donors (Lipinski definition) is 0. The molecule has 0 bridgehead atoms. The number of rotatable bonds is 2. The van der Waals surface area contributed by atoms with Gasteiger partial charge in [-0.3, -0.25) is 0 Å². The van der Waals surface area contributed by atoms with Crippen molar-refractivity contribution in [1.82, 2.24) is 0 Å². The Balaban J connectivity index is 2.65. The molecule has 3 heteroatoms. The predicted molar refractivity (Wildman–Crippen MR) is 48.1 cm³/mol. The van der Waals surface area contributed by atoms with Crippen LogP contribution in [0.15, 0.2) is 28.2 Å². The first kappa shape index (κ1) is 8.10. The van der Waals surface area contributed by atoms with Gasteiger partial charge in [-0.15, -0.1) is 0 Å². The number of hydrogen-bond acceptors (Lipinski definition) is 1. The fourth-order valence-electron chi connectivity index (χ4n) is 1.49. The van der Waals surface area contributed by atoms with Crippen molar-refractivity contribution in [2.45, 2.75) is 19.8 Å². The van der Waals surface area contributed by atoms with Crippen LogP contribution in [-0.2, 0) is 6.42 Å². The van der Waals surface area contributed by atoms with Gasteiger partial charge in [0.2, 0.25) is 0 Å². The summed E-state index contributed by atoms with van der Waals surface area (Å²) in [5.41, 5.74) is 1.12. The number of carbonyl (C=O) groups is 1. The standard InChI is InChI=1S/C10H10N2O/c1-2-4-7-5-3-6-8-9(7)12-10(13)11-8/h3,5-6H,2,4H2,1H3. The van der Waals surface area contributed by atoms with Gasteiger partial charge in [0.15, 0.2) is 0 Å². The van der Waals surface area contributed by atoms with E-state index < -0.39 is 0 Å². The summed E-state index contributed by atoms with van der Waals surface area (Å²) in [5.74, 6) is 0. The van der Waals surface area contributed by atoms with Crippen LogP contribution in [0, 0.1) is 0 Å². The van der Waals surface area contributed by atoms with Crippen LogP contribution in [0.3, 0.4) is 0 Å². The Morgan fingerprint density at radius 1 is 1.31 bits per heavy atom. The van der Waals surface area contributed by atoms with E-state index in [4.69, 9.17) is 0 Å². The lowest BCUT2D eigenvalue weighted by Crippen LogP contribution is -2.25. The number of urea groups is 1. The molecule has 66 valence electrons. The molecule has 0 saturated carbocycles. The zero-order valence-corrected chi connectivity index (χ0v) is 7.45. The highest BCUT2D eigenvalue weighted by Crippen LogP contribution is 1.96. The molecule has 0 saturated heterocycles. The summed E-state index contributed by atoms with van der Waals surface area (Å²) >= 11 is 0. The minimum atomic E-state index is -0.376. The number of fused-ring (bicyclic) bond motifs is 1. The van der Waals surface area contributed by atoms with E-state index in [1.165, 1.54) is 0 Å². The van der Waals surface area contributed by atoms with Crippen molar-refractivity contribution < 1.29 is 4.79 Å². The molecule has 1 aromatic carbocycles. The third kappa shape index (κ3) is 1.37. The molecule has 1 aromatic rings. The number of benzene rings is 1. The first-order valence-electron chi connectivity index (χ1n) is 4.40. The smallest absolute Gasteiger partial charge is 0.244 e. The quantitative estimate of drug-likeness (QED) is 0.659. The van der Waals surface area contributed by atoms with E-state index in [9.17, 15) is 4.79 Å². The molecule has 0 aliphatic carbocycles. The maximum absolute atomic E-state index is 10.9. The molecule has 0 atom stereocenters. The number of nitrogens with zero attached hydrogens (tertiary/aromatic N) is 2. The van der Waals surface area contributed by atoms with Gasteiger partial charge in [0.1, 0.15) is 0 Å². The van der Waals surface area contributed by atoms with E-state index in [1.54, 1.807) is 0 Å². The van der Waals surface area contributed by atoms with E-state index in [1.807, 2.05) is 18.2 Å². The van der Waals surface area contributed by atoms with Crippen molar-refractivity contribution in [2.75, 3.05) is 0 Å². The number of aryl methyl sites for hydroxylation is 1. The van der Waals surface area contributed by atoms with Crippen molar-refractivity contribution in [1.29, 1.82) is 0 Å². The first-order valence-corrected chi connectivity index (χ1v) is 4.40. The summed E-state index contributed by atoms with van der Waals surface area (Å²) in [7, 11) is 0. The summed E-state index contributed by atoms with van der Waals surface area (Å²) in [5, 5.41) is 1.49. The van der Waals surface area contributed by atoms with Crippen LogP contribution in [-0.4, -0.2) is 6.03 Å². The van der Waals surface area contributed by atoms with Gasteiger partial charge in [-0.25, -0.2) is 4.79 Å². The number of amides is 2. The second kappa shape index (κ2) is 3.09. The van der Waals surface area contributed by atoms with Gasteiger partial charge in [-0.1, -0.05) is 25.5 Å². The third-order valence-electron chi connectivity index (χ3n) is 2.04. The van der Waals surface area contributed by atoms with E-state index in [2.05, 4.69) is 16.9 Å². The summed E-state index contributed by atoms with van der Waals surface area (Å²) in [6, 6.07) is 5.36. The average Bonchev–Trinajstić information content (AvgIpc) is 2.47. The summed E-state index contributed by atoms with van der Waals surface area (Å²) in [4.78, 5) is 18.6. The van der Waals surface area contributed by atoms with Gasteiger partial charge in [0.25, 0.3) is 0 Å². The van der Waals surface area contributed by atoms with Gasteiger partial charge in [0.05, 0.1) is 10.7 Å². The van der Waals surface area contributed by atoms with Crippen LogP contribution < -0.4 is 10.7 Å². The molecule has 1 heterocycles. The third-order valence-corrected chi connectivity index (χ3v) is 2.04. The molecule has 1 aliphatic rings. The van der Waals surface area contributed by atoms with Crippen molar-refractivity contribution in [3.05, 3.63) is 34.5 Å². The lowest BCUT2D eigenvalue weighted by Gasteiger charge is -1.95. The normalized spacial score (nSPS) is 13.5. The Morgan fingerprint density at radius 2 is 2.15 bits per heavy atom. The molecule has 0 spiro atoms. The summed E-state index contributed by atoms with van der Waals surface area (Å²) in [6.07, 6.45) is 2.01. The van der Waals surface area contributed by atoms with E-state index in [-0.39, 0.29) is 6.03 Å². The van der Waals surface area contributed by atoms with E-state index >= 15 is 0 Å². The van der Waals surface area contributed by atoms with Crippen LogP contribution in [0.25, 0.3) is 0 Å². The van der Waals surface area contributed by atoms with Gasteiger partial charge in [-0.05, 0) is 18.1 Å². The van der Waals surface area contributed by atoms with Gasteiger partial charge in [0, 0.05) is 0 Å². The average molecular weight is 174 g/mol. The van der Waals surface area contributed by atoms with Gasteiger partial charge in [-0.2, -0.15) is 9.98 Å². The largest absolute Gasteiger partial charge is 0.368 e. The second-order valence-electron chi connectivity index (χ2n) is 3.04. The number of para-hydroxylation sites is 1. The molecule has 0 unspecified atom stereocenters. The lowest BCUT2D eigenvalue weighted by molar-refractivity contribution is 0.256. The molecule has 0 aromatic heterocycles. The van der Waals surface area contributed by atoms with Crippen LogP contribution in [0.4, 0.5) is 4.79 Å². The van der Waals surface area contributed by atoms with Crippen molar-refractivity contribution in [2.24, 2.45) is 9.98 Å². The minimum Gasteiger partial charge on any atom is -0.244 e. The maximum Gasteiger partial charge on any atom is 0.368 e. The molecule has 1 aliphatic heterocycles. The predicted octanol–water partition coefficient (Wildman–Crippen LogP) is 1.01. The van der Waals surface area contributed by atoms with E-state index in [0.29, 0.717) is 0 Å². The zero-order valence-electron chi connectivity index (χ0n) is 7.45. The Labute approximate surface area is 75.8 Å². The van der Waals surface area contributed by atoms with Crippen molar-refractivity contribution >= 4 is 6.03 Å². The van der Waals surface area contributed by atoms with Gasteiger partial charge >= 0.3 is 6.03 Å². The fourth-order valence-corrected chi connectivity index (χ4v) is 1.49. The highest BCUT2D eigenvalue weighted by atomic mass is 16.2. The molecule has 0 fully saturated rings. The maximum atomic E-state index is 10.9. The second-order valence-corrected chi connectivity index (χ2v) is 3.04. The van der Waals surface area contributed by atoms with E-state index in [0.717, 1.165) is 29.1 Å². The molecule has 0 radical (unpaired) electrons. The fraction of sp³-hybridized carbons (Fsp3) is 0.300. The van der Waals surface area contributed by atoms with Crippen LogP contribution >= 0.6 is 0 Å². The van der Waals surface area contributed by atoms with Crippen molar-refractivity contribution in [3.63, 3.8) is 0 Å². The minimum absolute atomic E-state index is 0.376. The molecule has 2 amide bonds. The molecular weight excluding hydrogens is 164 g/mol. The summed E-state index contributed by atoms with van der Waals surface area (Å²) < 4.78 is 0. The topological polar surface area (TPSA) is 41.8 Å². The Kier molecular flexibility index (Phi) is 1.93. The Hall–Kier alpha value is -1.51. The SMILES string of the molecule is CCCc1cccc2c1=NC(=O)N=2. The van der Waals surface area contributed by atoms with Crippen LogP contribution in [0.2, 0.25) is 0 Å². The monoisotopic (exact) mass is 174 g/mol. The lowest BCUT2D eigenvalue weighted by atomic mass is 10.1. The van der Waals surface area contributed by atoms with Crippen LogP contribution in [0.1, 0.15) is 18.9 Å². The van der Waals surface area contributed by atoms with Crippen LogP contribution in [0.5, 0.6) is 0 Å². The zero-order chi connectivity index (χ0) is 9.26. The van der Waals surface area contributed by atoms with Crippen molar-refractivity contribution in [3.8, 4) is 0 Å². The van der Waals surface area contributed by atoms with Gasteiger partial charge < -0.3 is 0 Å². The first-order chi connectivity index (χ1) is 6.31. The highest BCUT2D eigenvalue weighted by molar-refractivity contribution is 5.77. The molecule has 13 heavy (non-hydrogen) atoms. The molecule has 0 N–H and O–H groups in total. The highest BCUT2D eigenvalue weighted by Gasteiger charge is 2.07. The molecule has 2 rings (SSSR count). The molecule has 3 nitrogen and oxygen atoms in total. The summed E-state index contributed by atoms with van der Waals surface area (Å²) in [6.45, 7) is 2.10. The Bertz CT molecular complexity index is 462.